The SMILES string of the molecule is CCOC(=O)[C@@H]1CCCN(CCONC2=CC(c3ccccc3)c3ccccc32)C1. The summed E-state index contributed by atoms with van der Waals surface area (Å²) in [6, 6.07) is 19.0. The summed E-state index contributed by atoms with van der Waals surface area (Å²) >= 11 is 0. The molecule has 0 saturated carbocycles. The third-order valence-electron chi connectivity index (χ3n) is 5.90. The fourth-order valence-electron chi connectivity index (χ4n) is 4.40. The number of hydroxylamine groups is 1. The lowest BCUT2D eigenvalue weighted by Gasteiger charge is -2.31. The molecular weight excluding hydrogens is 376 g/mol. The number of piperidine rings is 1. The number of hydrogen-bond acceptors (Lipinski definition) is 5. The van der Waals surface area contributed by atoms with E-state index in [2.05, 4.69) is 65.0 Å². The molecule has 30 heavy (non-hydrogen) atoms. The maximum absolute atomic E-state index is 12.0. The van der Waals surface area contributed by atoms with Gasteiger partial charge in [0.05, 0.1) is 24.8 Å². The smallest absolute Gasteiger partial charge is 0.310 e. The standard InChI is InChI=1S/C25H30N2O3/c1-2-29-25(28)20-11-8-14-27(18-20)15-16-30-26-24-17-23(19-9-4-3-5-10-19)21-12-6-7-13-22(21)24/h3-7,9-10,12-13,17,20,23,26H,2,8,11,14-16,18H2,1H3/t20-,23?/m1/s1. The van der Waals surface area contributed by atoms with Crippen molar-refractivity contribution in [1.82, 2.24) is 10.4 Å². The van der Waals surface area contributed by atoms with Crippen molar-refractivity contribution in [3.8, 4) is 0 Å². The van der Waals surface area contributed by atoms with Crippen LogP contribution in [0.5, 0.6) is 0 Å². The van der Waals surface area contributed by atoms with Gasteiger partial charge in [0, 0.05) is 24.6 Å². The van der Waals surface area contributed by atoms with Gasteiger partial charge < -0.3 is 9.64 Å². The van der Waals surface area contributed by atoms with Gasteiger partial charge in [-0.3, -0.25) is 15.1 Å². The van der Waals surface area contributed by atoms with Crippen molar-refractivity contribution in [2.24, 2.45) is 5.92 Å². The maximum atomic E-state index is 12.0. The summed E-state index contributed by atoms with van der Waals surface area (Å²) in [6.07, 6.45) is 4.17. The summed E-state index contributed by atoms with van der Waals surface area (Å²) in [7, 11) is 0. The number of esters is 1. The molecule has 2 aromatic rings. The molecule has 1 fully saturated rings. The summed E-state index contributed by atoms with van der Waals surface area (Å²) in [4.78, 5) is 20.1. The van der Waals surface area contributed by atoms with Crippen LogP contribution >= 0.6 is 0 Å². The van der Waals surface area contributed by atoms with Crippen molar-refractivity contribution < 1.29 is 14.4 Å². The van der Waals surface area contributed by atoms with Crippen LogP contribution in [-0.4, -0.2) is 43.7 Å². The van der Waals surface area contributed by atoms with Crippen LogP contribution in [0.1, 0.15) is 42.4 Å². The molecular formula is C25H30N2O3. The van der Waals surface area contributed by atoms with Crippen molar-refractivity contribution in [3.05, 3.63) is 77.4 Å². The predicted octanol–water partition coefficient (Wildman–Crippen LogP) is 3.97. The molecule has 1 aliphatic heterocycles. The zero-order valence-corrected chi connectivity index (χ0v) is 17.5. The quantitative estimate of drug-likeness (QED) is 0.408. The topological polar surface area (TPSA) is 50.8 Å². The Kier molecular flexibility index (Phi) is 6.82. The molecule has 1 N–H and O–H groups in total. The molecule has 5 nitrogen and oxygen atoms in total. The zero-order valence-electron chi connectivity index (χ0n) is 17.5. The van der Waals surface area contributed by atoms with E-state index in [1.54, 1.807) is 0 Å². The number of benzene rings is 2. The summed E-state index contributed by atoms with van der Waals surface area (Å²) in [5, 5.41) is 0. The first kappa shape index (κ1) is 20.6. The Balaban J connectivity index is 1.31. The van der Waals surface area contributed by atoms with Gasteiger partial charge >= 0.3 is 5.97 Å². The fraction of sp³-hybridized carbons (Fsp3) is 0.400. The first-order valence-corrected chi connectivity index (χ1v) is 10.9. The highest BCUT2D eigenvalue weighted by molar-refractivity contribution is 5.74. The Labute approximate surface area is 178 Å². The molecule has 0 bridgehead atoms. The number of fused-ring (bicyclic) bond motifs is 1. The van der Waals surface area contributed by atoms with Gasteiger partial charge in [-0.05, 0) is 43.5 Å². The number of nitrogens with one attached hydrogen (secondary N) is 1. The Morgan fingerprint density at radius 3 is 2.77 bits per heavy atom. The molecule has 1 aliphatic carbocycles. The first-order chi connectivity index (χ1) is 14.8. The van der Waals surface area contributed by atoms with Gasteiger partial charge in [-0.2, -0.15) is 0 Å². The number of carbonyl (C=O) groups excluding carboxylic acids is 1. The molecule has 1 unspecified atom stereocenters. The molecule has 0 amide bonds. The zero-order chi connectivity index (χ0) is 20.8. The average molecular weight is 407 g/mol. The minimum Gasteiger partial charge on any atom is -0.466 e. The molecule has 2 atom stereocenters. The lowest BCUT2D eigenvalue weighted by Crippen LogP contribution is -2.41. The van der Waals surface area contributed by atoms with E-state index < -0.39 is 0 Å². The van der Waals surface area contributed by atoms with E-state index in [1.807, 2.05) is 13.0 Å². The van der Waals surface area contributed by atoms with Gasteiger partial charge in [-0.15, -0.1) is 0 Å². The highest BCUT2D eigenvalue weighted by Crippen LogP contribution is 2.38. The van der Waals surface area contributed by atoms with Crippen LogP contribution in [0.2, 0.25) is 0 Å². The van der Waals surface area contributed by atoms with Gasteiger partial charge in [0.25, 0.3) is 0 Å². The van der Waals surface area contributed by atoms with E-state index in [0.29, 0.717) is 13.2 Å². The Morgan fingerprint density at radius 1 is 1.13 bits per heavy atom. The van der Waals surface area contributed by atoms with Crippen LogP contribution in [0.15, 0.2) is 60.7 Å². The van der Waals surface area contributed by atoms with Crippen molar-refractivity contribution in [2.45, 2.75) is 25.7 Å². The van der Waals surface area contributed by atoms with E-state index in [9.17, 15) is 4.79 Å². The lowest BCUT2D eigenvalue weighted by atomic mass is 9.93. The van der Waals surface area contributed by atoms with Crippen molar-refractivity contribution in [1.29, 1.82) is 0 Å². The molecule has 4 rings (SSSR count). The normalized spacial score (nSPS) is 21.0. The van der Waals surface area contributed by atoms with Gasteiger partial charge in [-0.1, -0.05) is 54.6 Å². The number of likely N-dealkylation sites (tertiary alicyclic amines) is 1. The highest BCUT2D eigenvalue weighted by atomic mass is 16.6. The van der Waals surface area contributed by atoms with E-state index in [4.69, 9.17) is 9.57 Å². The Bertz CT molecular complexity index is 881. The van der Waals surface area contributed by atoms with Gasteiger partial charge in [-0.25, -0.2) is 0 Å². The van der Waals surface area contributed by atoms with E-state index in [-0.39, 0.29) is 17.8 Å². The lowest BCUT2D eigenvalue weighted by molar-refractivity contribution is -0.150. The fourth-order valence-corrected chi connectivity index (χ4v) is 4.40. The molecule has 1 heterocycles. The van der Waals surface area contributed by atoms with Gasteiger partial charge in [0.1, 0.15) is 0 Å². The second kappa shape index (κ2) is 9.92. The van der Waals surface area contributed by atoms with Crippen LogP contribution in [0, 0.1) is 5.92 Å². The van der Waals surface area contributed by atoms with Crippen LogP contribution in [0.4, 0.5) is 0 Å². The minimum absolute atomic E-state index is 0.0114. The maximum Gasteiger partial charge on any atom is 0.310 e. The average Bonchev–Trinajstić information content (AvgIpc) is 3.16. The Morgan fingerprint density at radius 2 is 1.93 bits per heavy atom. The third kappa shape index (κ3) is 4.74. The summed E-state index contributed by atoms with van der Waals surface area (Å²) in [5.41, 5.74) is 7.95. The number of hydrogen-bond donors (Lipinski definition) is 1. The molecule has 0 radical (unpaired) electrons. The number of nitrogens with zero attached hydrogens (tertiary/aromatic N) is 1. The van der Waals surface area contributed by atoms with Gasteiger partial charge in [0.2, 0.25) is 0 Å². The number of allylic oxidation sites excluding steroid dienone is 1. The second-order valence-corrected chi connectivity index (χ2v) is 7.90. The van der Waals surface area contributed by atoms with Crippen LogP contribution in [-0.2, 0) is 14.4 Å². The molecule has 2 aliphatic rings. The van der Waals surface area contributed by atoms with E-state index >= 15 is 0 Å². The van der Waals surface area contributed by atoms with Crippen molar-refractivity contribution >= 4 is 11.7 Å². The van der Waals surface area contributed by atoms with E-state index in [0.717, 1.165) is 38.2 Å². The van der Waals surface area contributed by atoms with E-state index in [1.165, 1.54) is 16.7 Å². The predicted molar refractivity (Wildman–Crippen MR) is 118 cm³/mol. The highest BCUT2D eigenvalue weighted by Gasteiger charge is 2.27. The molecule has 0 aromatic heterocycles. The number of rotatable bonds is 8. The molecule has 158 valence electrons. The molecule has 2 aromatic carbocycles. The first-order valence-electron chi connectivity index (χ1n) is 10.9. The van der Waals surface area contributed by atoms with Crippen LogP contribution in [0.25, 0.3) is 5.70 Å². The van der Waals surface area contributed by atoms with Crippen LogP contribution in [0.3, 0.4) is 0 Å². The largest absolute Gasteiger partial charge is 0.466 e. The van der Waals surface area contributed by atoms with Crippen LogP contribution < -0.4 is 5.48 Å². The summed E-state index contributed by atoms with van der Waals surface area (Å²) < 4.78 is 5.19. The molecule has 1 saturated heterocycles. The summed E-state index contributed by atoms with van der Waals surface area (Å²) in [5.74, 6) is 0.157. The summed E-state index contributed by atoms with van der Waals surface area (Å²) in [6.45, 7) is 5.41. The van der Waals surface area contributed by atoms with Crippen molar-refractivity contribution in [3.63, 3.8) is 0 Å². The minimum atomic E-state index is -0.0686. The molecule has 5 heteroatoms. The number of ether oxygens (including phenoxy) is 1. The third-order valence-corrected chi connectivity index (χ3v) is 5.90. The number of carbonyl (C=O) groups is 1. The second-order valence-electron chi connectivity index (χ2n) is 7.90. The van der Waals surface area contributed by atoms with Gasteiger partial charge in [0.15, 0.2) is 0 Å². The van der Waals surface area contributed by atoms with Crippen molar-refractivity contribution in [2.75, 3.05) is 32.8 Å². The molecule has 0 spiro atoms. The Hall–Kier alpha value is -2.63. The monoisotopic (exact) mass is 406 g/mol.